The average Bonchev–Trinajstić information content (AvgIpc) is 3.51. The van der Waals surface area contributed by atoms with Crippen molar-refractivity contribution in [1.82, 2.24) is 20.0 Å². The predicted molar refractivity (Wildman–Crippen MR) is 105 cm³/mol. The Bertz CT molecular complexity index is 540. The van der Waals surface area contributed by atoms with Crippen LogP contribution >= 0.6 is 0 Å². The minimum atomic E-state index is -0.0615. The van der Waals surface area contributed by atoms with Crippen molar-refractivity contribution in [3.63, 3.8) is 0 Å². The van der Waals surface area contributed by atoms with Gasteiger partial charge in [-0.05, 0) is 51.4 Å². The molecule has 0 aromatic carbocycles. The first-order valence-corrected chi connectivity index (χ1v) is 11.2. The van der Waals surface area contributed by atoms with Gasteiger partial charge in [0.05, 0.1) is 12.6 Å². The van der Waals surface area contributed by atoms with Crippen LogP contribution in [0.5, 0.6) is 0 Å². The summed E-state index contributed by atoms with van der Waals surface area (Å²) in [7, 11) is 0. The third kappa shape index (κ3) is 4.65. The van der Waals surface area contributed by atoms with Crippen molar-refractivity contribution in [2.45, 2.75) is 76.4 Å². The molecule has 2 heterocycles. The molecule has 2 aliphatic heterocycles. The lowest BCUT2D eigenvalue weighted by Gasteiger charge is -2.45. The molecule has 2 amide bonds. The molecule has 1 N–H and O–H groups in total. The van der Waals surface area contributed by atoms with Gasteiger partial charge in [-0.15, -0.1) is 0 Å². The molecule has 4 rings (SSSR count). The zero-order valence-corrected chi connectivity index (χ0v) is 16.9. The van der Waals surface area contributed by atoms with E-state index in [2.05, 4.69) is 20.0 Å². The number of piperidine rings is 1. The molecule has 0 radical (unpaired) electrons. The van der Waals surface area contributed by atoms with Crippen molar-refractivity contribution in [2.24, 2.45) is 5.92 Å². The highest BCUT2D eigenvalue weighted by atomic mass is 16.2. The second kappa shape index (κ2) is 8.48. The lowest BCUT2D eigenvalue weighted by atomic mass is 9.78. The van der Waals surface area contributed by atoms with Gasteiger partial charge in [0.2, 0.25) is 11.8 Å². The standard InChI is InChI=1S/C21H36N4O2/c1-16(21(27)22-18-8-9-18)24-13-11-23(12-14-24)15-20(26)25-10-4-6-17-5-2-3-7-19(17)25/h16-19H,2-15H2,1H3,(H,22,27). The lowest BCUT2D eigenvalue weighted by Crippen LogP contribution is -2.57. The van der Waals surface area contributed by atoms with Gasteiger partial charge >= 0.3 is 0 Å². The van der Waals surface area contributed by atoms with Crippen molar-refractivity contribution in [3.8, 4) is 0 Å². The van der Waals surface area contributed by atoms with E-state index in [1.807, 2.05) is 6.92 Å². The third-order valence-electron chi connectivity index (χ3n) is 7.18. The largest absolute Gasteiger partial charge is 0.352 e. The lowest BCUT2D eigenvalue weighted by molar-refractivity contribution is -0.139. The van der Waals surface area contributed by atoms with E-state index in [9.17, 15) is 9.59 Å². The summed E-state index contributed by atoms with van der Waals surface area (Å²) >= 11 is 0. The first-order valence-electron chi connectivity index (χ1n) is 11.2. The van der Waals surface area contributed by atoms with Crippen LogP contribution < -0.4 is 5.32 Å². The average molecular weight is 377 g/mol. The Morgan fingerprint density at radius 1 is 0.926 bits per heavy atom. The maximum Gasteiger partial charge on any atom is 0.237 e. The highest BCUT2D eigenvalue weighted by Crippen LogP contribution is 2.35. The minimum absolute atomic E-state index is 0.0615. The molecule has 152 valence electrons. The van der Waals surface area contributed by atoms with Crippen LogP contribution in [0.25, 0.3) is 0 Å². The minimum Gasteiger partial charge on any atom is -0.352 e. The summed E-state index contributed by atoms with van der Waals surface area (Å²) in [5.41, 5.74) is 0. The number of likely N-dealkylation sites (tertiary alicyclic amines) is 1. The SMILES string of the molecule is CC(C(=O)NC1CC1)N1CCN(CC(=O)N2CCCC3CCCCC32)CC1. The molecule has 27 heavy (non-hydrogen) atoms. The summed E-state index contributed by atoms with van der Waals surface area (Å²) in [5, 5.41) is 3.11. The first-order chi connectivity index (χ1) is 13.1. The second-order valence-electron chi connectivity index (χ2n) is 9.11. The van der Waals surface area contributed by atoms with Crippen LogP contribution in [0.4, 0.5) is 0 Å². The molecule has 0 bridgehead atoms. The number of amides is 2. The van der Waals surface area contributed by atoms with E-state index in [1.165, 1.54) is 38.5 Å². The van der Waals surface area contributed by atoms with Crippen LogP contribution in [-0.4, -0.2) is 83.9 Å². The van der Waals surface area contributed by atoms with E-state index in [-0.39, 0.29) is 11.9 Å². The van der Waals surface area contributed by atoms with Crippen molar-refractivity contribution in [2.75, 3.05) is 39.3 Å². The number of rotatable bonds is 5. The first kappa shape index (κ1) is 19.2. The molecule has 6 heteroatoms. The summed E-state index contributed by atoms with van der Waals surface area (Å²) in [6, 6.07) is 0.869. The number of hydrogen-bond acceptors (Lipinski definition) is 4. The van der Waals surface area contributed by atoms with Crippen LogP contribution in [-0.2, 0) is 9.59 Å². The topological polar surface area (TPSA) is 55.9 Å². The fourth-order valence-electron chi connectivity index (χ4n) is 5.24. The van der Waals surface area contributed by atoms with Crippen molar-refractivity contribution in [3.05, 3.63) is 0 Å². The van der Waals surface area contributed by atoms with Gasteiger partial charge in [0.25, 0.3) is 0 Å². The number of nitrogens with one attached hydrogen (secondary N) is 1. The molecule has 2 saturated carbocycles. The van der Waals surface area contributed by atoms with Crippen molar-refractivity contribution in [1.29, 1.82) is 0 Å². The monoisotopic (exact) mass is 376 g/mol. The predicted octanol–water partition coefficient (Wildman–Crippen LogP) is 1.45. The van der Waals surface area contributed by atoms with Crippen LogP contribution in [0.1, 0.15) is 58.3 Å². The Kier molecular flexibility index (Phi) is 6.02. The molecule has 3 unspecified atom stereocenters. The highest BCUT2D eigenvalue weighted by Gasteiger charge is 2.36. The Morgan fingerprint density at radius 2 is 1.63 bits per heavy atom. The van der Waals surface area contributed by atoms with E-state index in [4.69, 9.17) is 0 Å². The molecule has 0 aromatic heterocycles. The van der Waals surface area contributed by atoms with Crippen molar-refractivity contribution >= 4 is 11.8 Å². The van der Waals surface area contributed by atoms with Crippen LogP contribution in [0.15, 0.2) is 0 Å². The molecule has 4 fully saturated rings. The summed E-state index contributed by atoms with van der Waals surface area (Å²) in [6.07, 6.45) is 9.90. The van der Waals surface area contributed by atoms with E-state index in [0.717, 1.165) is 51.5 Å². The normalized spacial score (nSPS) is 31.2. The molecular formula is C21H36N4O2. The van der Waals surface area contributed by atoms with Gasteiger partial charge < -0.3 is 10.2 Å². The quantitative estimate of drug-likeness (QED) is 0.789. The maximum atomic E-state index is 13.0. The second-order valence-corrected chi connectivity index (χ2v) is 9.11. The fourth-order valence-corrected chi connectivity index (χ4v) is 5.24. The summed E-state index contributed by atoms with van der Waals surface area (Å²) < 4.78 is 0. The number of fused-ring (bicyclic) bond motifs is 1. The van der Waals surface area contributed by atoms with Gasteiger partial charge in [-0.2, -0.15) is 0 Å². The van der Waals surface area contributed by atoms with Crippen LogP contribution in [0.3, 0.4) is 0 Å². The molecule has 6 nitrogen and oxygen atoms in total. The van der Waals surface area contributed by atoms with Crippen molar-refractivity contribution < 1.29 is 9.59 Å². The van der Waals surface area contributed by atoms with Gasteiger partial charge in [0, 0.05) is 44.8 Å². The van der Waals surface area contributed by atoms with E-state index in [0.29, 0.717) is 24.5 Å². The number of carbonyl (C=O) groups excluding carboxylic acids is 2. The van der Waals surface area contributed by atoms with Gasteiger partial charge in [0.15, 0.2) is 0 Å². The molecular weight excluding hydrogens is 340 g/mol. The fraction of sp³-hybridized carbons (Fsp3) is 0.905. The molecule has 0 aromatic rings. The van der Waals surface area contributed by atoms with Crippen LogP contribution in [0.2, 0.25) is 0 Å². The smallest absolute Gasteiger partial charge is 0.237 e. The maximum absolute atomic E-state index is 13.0. The zero-order valence-electron chi connectivity index (χ0n) is 16.9. The molecule has 0 spiro atoms. The Morgan fingerprint density at radius 3 is 2.37 bits per heavy atom. The summed E-state index contributed by atoms with van der Waals surface area (Å²) in [4.78, 5) is 32.0. The molecule has 4 aliphatic rings. The molecule has 2 aliphatic carbocycles. The molecule has 3 atom stereocenters. The van der Waals surface area contributed by atoms with Gasteiger partial charge in [0.1, 0.15) is 0 Å². The number of carbonyl (C=O) groups is 2. The summed E-state index contributed by atoms with van der Waals surface area (Å²) in [5.74, 6) is 1.25. The van der Waals surface area contributed by atoms with Gasteiger partial charge in [-0.1, -0.05) is 12.8 Å². The van der Waals surface area contributed by atoms with Crippen LogP contribution in [0, 0.1) is 5.92 Å². The van der Waals surface area contributed by atoms with Gasteiger partial charge in [-0.25, -0.2) is 0 Å². The third-order valence-corrected chi connectivity index (χ3v) is 7.18. The van der Waals surface area contributed by atoms with E-state index in [1.54, 1.807) is 0 Å². The van der Waals surface area contributed by atoms with Gasteiger partial charge in [-0.3, -0.25) is 19.4 Å². The Balaban J connectivity index is 1.23. The van der Waals surface area contributed by atoms with E-state index < -0.39 is 0 Å². The molecule has 2 saturated heterocycles. The summed E-state index contributed by atoms with van der Waals surface area (Å²) in [6.45, 7) is 7.04. The number of piperazine rings is 1. The highest BCUT2D eigenvalue weighted by molar-refractivity contribution is 5.82. The number of hydrogen-bond donors (Lipinski definition) is 1. The number of nitrogens with zero attached hydrogens (tertiary/aromatic N) is 3. The zero-order chi connectivity index (χ0) is 18.8. The van der Waals surface area contributed by atoms with E-state index >= 15 is 0 Å². The Labute approximate surface area is 163 Å². The Hall–Kier alpha value is -1.14.